The van der Waals surface area contributed by atoms with Crippen molar-refractivity contribution in [1.82, 2.24) is 4.57 Å². The van der Waals surface area contributed by atoms with E-state index in [1.807, 2.05) is 24.4 Å². The summed E-state index contributed by atoms with van der Waals surface area (Å²) < 4.78 is 3.24. The van der Waals surface area contributed by atoms with Crippen LogP contribution in [0, 0.1) is 5.21 Å². The average molecular weight is 256 g/mol. The van der Waals surface area contributed by atoms with Gasteiger partial charge in [-0.05, 0) is 31.2 Å². The second-order valence-electron chi connectivity index (χ2n) is 5.40. The Labute approximate surface area is 114 Å². The van der Waals surface area contributed by atoms with Gasteiger partial charge in [0, 0.05) is 0 Å². The van der Waals surface area contributed by atoms with Crippen molar-refractivity contribution in [3.8, 4) is 0 Å². The Morgan fingerprint density at radius 1 is 1.11 bits per heavy atom. The van der Waals surface area contributed by atoms with Crippen molar-refractivity contribution in [1.29, 1.82) is 0 Å². The third kappa shape index (κ3) is 2.65. The van der Waals surface area contributed by atoms with E-state index in [2.05, 4.69) is 16.7 Å². The maximum Gasteiger partial charge on any atom is 0.264 e. The molecule has 0 aliphatic heterocycles. The fourth-order valence-corrected chi connectivity index (χ4v) is 3.06. The summed E-state index contributed by atoms with van der Waals surface area (Å²) in [5.41, 5.74) is 1.20. The summed E-state index contributed by atoms with van der Waals surface area (Å²) in [6.45, 7) is 0. The number of nitrogens with zero attached hydrogens (tertiary/aromatic N) is 2. The summed E-state index contributed by atoms with van der Waals surface area (Å²) in [6, 6.07) is 10.7. The fourth-order valence-electron chi connectivity index (χ4n) is 3.06. The Bertz CT molecular complexity index is 527. The van der Waals surface area contributed by atoms with Gasteiger partial charge in [-0.1, -0.05) is 36.8 Å². The molecule has 0 N–H and O–H groups in total. The van der Waals surface area contributed by atoms with E-state index in [4.69, 9.17) is 0 Å². The van der Waals surface area contributed by atoms with Gasteiger partial charge in [-0.15, -0.1) is 0 Å². The lowest BCUT2D eigenvalue weighted by Gasteiger charge is -2.20. The first-order valence-electron chi connectivity index (χ1n) is 7.17. The van der Waals surface area contributed by atoms with Crippen LogP contribution in [0.2, 0.25) is 0 Å². The quantitative estimate of drug-likeness (QED) is 0.613. The summed E-state index contributed by atoms with van der Waals surface area (Å²) in [5, 5.41) is 12.0. The Morgan fingerprint density at radius 2 is 1.84 bits per heavy atom. The van der Waals surface area contributed by atoms with Gasteiger partial charge in [0.05, 0.1) is 6.42 Å². The number of hydrogen-bond donors (Lipinski definition) is 0. The summed E-state index contributed by atoms with van der Waals surface area (Å²) >= 11 is 0. The molecule has 0 unspecified atom stereocenters. The second-order valence-corrected chi connectivity index (χ2v) is 5.40. The normalized spacial score (nSPS) is 16.6. The number of aromatic nitrogens is 2. The largest absolute Gasteiger partial charge is 0.711 e. The molecule has 1 aliphatic carbocycles. The van der Waals surface area contributed by atoms with Crippen molar-refractivity contribution >= 4 is 0 Å². The van der Waals surface area contributed by atoms with Crippen LogP contribution >= 0.6 is 0 Å². The zero-order chi connectivity index (χ0) is 13.1. The number of imidazole rings is 1. The fraction of sp³-hybridized carbons (Fsp3) is 0.438. The third-order valence-electron chi connectivity index (χ3n) is 4.09. The molecule has 1 aliphatic rings. The van der Waals surface area contributed by atoms with Gasteiger partial charge in [-0.3, -0.25) is 0 Å². The predicted octanol–water partition coefficient (Wildman–Crippen LogP) is 3.22. The molecular weight excluding hydrogens is 236 g/mol. The minimum atomic E-state index is 0.516. The molecule has 0 bridgehead atoms. The molecule has 1 saturated carbocycles. The van der Waals surface area contributed by atoms with Crippen LogP contribution in [0.25, 0.3) is 0 Å². The summed E-state index contributed by atoms with van der Waals surface area (Å²) in [4.78, 5) is 0. The van der Waals surface area contributed by atoms with E-state index in [-0.39, 0.29) is 0 Å². The average Bonchev–Trinajstić information content (AvgIpc) is 2.82. The van der Waals surface area contributed by atoms with E-state index in [9.17, 15) is 5.21 Å². The van der Waals surface area contributed by atoms with Crippen molar-refractivity contribution in [2.24, 2.45) is 0 Å². The first-order chi connectivity index (χ1) is 9.34. The molecule has 19 heavy (non-hydrogen) atoms. The molecule has 1 heterocycles. The van der Waals surface area contributed by atoms with Gasteiger partial charge in [0.15, 0.2) is 0 Å². The van der Waals surface area contributed by atoms with Crippen molar-refractivity contribution in [2.45, 2.75) is 44.6 Å². The van der Waals surface area contributed by atoms with Crippen LogP contribution < -0.4 is 4.73 Å². The maximum atomic E-state index is 12.0. The first-order valence-corrected chi connectivity index (χ1v) is 7.17. The Balaban J connectivity index is 1.86. The topological polar surface area (TPSA) is 31.9 Å². The van der Waals surface area contributed by atoms with Crippen LogP contribution in [0.15, 0.2) is 42.7 Å². The zero-order valence-electron chi connectivity index (χ0n) is 11.2. The van der Waals surface area contributed by atoms with Crippen molar-refractivity contribution in [3.05, 3.63) is 59.3 Å². The summed E-state index contributed by atoms with van der Waals surface area (Å²) in [6.07, 6.45) is 10.6. The lowest BCUT2D eigenvalue weighted by atomic mass is 9.95. The standard InChI is InChI=1S/C16H20N2O/c19-18-12-11-17(15-9-5-2-6-10-15)16(18)13-14-7-3-1-4-8-14/h1,3-4,7-8,11-12,15H,2,5-6,9-10,13H2. The molecule has 1 aromatic carbocycles. The molecule has 3 heteroatoms. The van der Waals surface area contributed by atoms with Gasteiger partial charge in [-0.2, -0.15) is 0 Å². The first kappa shape index (κ1) is 12.3. The molecule has 100 valence electrons. The highest BCUT2D eigenvalue weighted by Crippen LogP contribution is 2.29. The predicted molar refractivity (Wildman–Crippen MR) is 74.8 cm³/mol. The molecule has 3 nitrogen and oxygen atoms in total. The van der Waals surface area contributed by atoms with Crippen LogP contribution in [-0.4, -0.2) is 4.57 Å². The molecule has 0 spiro atoms. The Morgan fingerprint density at radius 3 is 2.58 bits per heavy atom. The van der Waals surface area contributed by atoms with Gasteiger partial charge < -0.3 is 5.21 Å². The third-order valence-corrected chi connectivity index (χ3v) is 4.09. The van der Waals surface area contributed by atoms with Crippen LogP contribution in [0.1, 0.15) is 49.5 Å². The lowest BCUT2D eigenvalue weighted by molar-refractivity contribution is -0.613. The van der Waals surface area contributed by atoms with Gasteiger partial charge in [0.2, 0.25) is 0 Å². The zero-order valence-corrected chi connectivity index (χ0v) is 11.2. The number of benzene rings is 1. The van der Waals surface area contributed by atoms with E-state index in [1.165, 1.54) is 37.7 Å². The van der Waals surface area contributed by atoms with Gasteiger partial charge in [0.1, 0.15) is 18.4 Å². The van der Waals surface area contributed by atoms with E-state index < -0.39 is 0 Å². The van der Waals surface area contributed by atoms with Crippen LogP contribution in [0.5, 0.6) is 0 Å². The monoisotopic (exact) mass is 256 g/mol. The molecule has 1 fully saturated rings. The molecule has 3 rings (SSSR count). The minimum Gasteiger partial charge on any atom is -0.711 e. The van der Waals surface area contributed by atoms with Crippen molar-refractivity contribution < 1.29 is 4.73 Å². The summed E-state index contributed by atoms with van der Waals surface area (Å²) in [7, 11) is 0. The molecule has 0 atom stereocenters. The van der Waals surface area contributed by atoms with Gasteiger partial charge in [0.25, 0.3) is 5.82 Å². The van der Waals surface area contributed by atoms with Crippen LogP contribution in [-0.2, 0) is 6.42 Å². The van der Waals surface area contributed by atoms with Crippen molar-refractivity contribution in [2.75, 3.05) is 0 Å². The highest BCUT2D eigenvalue weighted by atomic mass is 16.5. The van der Waals surface area contributed by atoms with Gasteiger partial charge >= 0.3 is 0 Å². The van der Waals surface area contributed by atoms with Gasteiger partial charge in [-0.25, -0.2) is 9.30 Å². The lowest BCUT2D eigenvalue weighted by Crippen LogP contribution is -2.31. The molecule has 0 radical (unpaired) electrons. The molecule has 1 aromatic heterocycles. The highest BCUT2D eigenvalue weighted by molar-refractivity contribution is 5.18. The molecular formula is C16H20N2O. The van der Waals surface area contributed by atoms with Crippen molar-refractivity contribution in [3.63, 3.8) is 0 Å². The Kier molecular flexibility index (Phi) is 3.53. The van der Waals surface area contributed by atoms with E-state index >= 15 is 0 Å². The van der Waals surface area contributed by atoms with Crippen LogP contribution in [0.4, 0.5) is 0 Å². The highest BCUT2D eigenvalue weighted by Gasteiger charge is 2.24. The number of rotatable bonds is 3. The smallest absolute Gasteiger partial charge is 0.264 e. The maximum absolute atomic E-state index is 12.0. The molecule has 0 saturated heterocycles. The second kappa shape index (κ2) is 5.47. The SMILES string of the molecule is [O-][n+]1ccn(C2CCCCC2)c1Cc1ccccc1. The number of hydrogen-bond acceptors (Lipinski definition) is 1. The van der Waals surface area contributed by atoms with Crippen LogP contribution in [0.3, 0.4) is 0 Å². The van der Waals surface area contributed by atoms with E-state index in [0.717, 1.165) is 10.6 Å². The molecule has 2 aromatic rings. The van der Waals surface area contributed by atoms with E-state index in [0.29, 0.717) is 12.5 Å². The molecule has 0 amide bonds. The van der Waals surface area contributed by atoms with E-state index in [1.54, 1.807) is 6.20 Å². The minimum absolute atomic E-state index is 0.516. The summed E-state index contributed by atoms with van der Waals surface area (Å²) in [5.74, 6) is 0.873. The Hall–Kier alpha value is -1.77.